The number of hydrogen-bond donors (Lipinski definition) is 0. The Morgan fingerprint density at radius 1 is 1.02 bits per heavy atom. The summed E-state index contributed by atoms with van der Waals surface area (Å²) in [6, 6.07) is 8.78. The Morgan fingerprint density at radius 3 is 2.61 bits per heavy atom. The van der Waals surface area contributed by atoms with Crippen molar-refractivity contribution in [3.05, 3.63) is 35.3 Å². The van der Waals surface area contributed by atoms with Gasteiger partial charge in [-0.3, -0.25) is 14.8 Å². The van der Waals surface area contributed by atoms with Gasteiger partial charge in [-0.15, -0.1) is 11.3 Å². The standard InChI is InChI=1S/C28H39N7O4S2/c1-41(36,37)33-10-8-30(9-11-33)20-31-19-27-25(35(21-31)32-12-15-38-16-13-32)17-26(40-27)22-5-4-6-24-23(22)18-34(29-24)28-7-2-3-14-39-28/h4-6,17-18,28H,2-3,7-16,19-21H2,1H3. The van der Waals surface area contributed by atoms with Gasteiger partial charge in [0.05, 0.1) is 44.0 Å². The van der Waals surface area contributed by atoms with E-state index in [1.165, 1.54) is 39.1 Å². The van der Waals surface area contributed by atoms with Gasteiger partial charge in [-0.2, -0.15) is 9.40 Å². The Kier molecular flexibility index (Phi) is 7.79. The molecule has 0 spiro atoms. The Labute approximate surface area is 245 Å². The molecule has 4 aliphatic rings. The van der Waals surface area contributed by atoms with Crippen LogP contribution in [0.1, 0.15) is 30.4 Å². The molecule has 3 fully saturated rings. The molecular weight excluding hydrogens is 562 g/mol. The number of piperazine rings is 1. The van der Waals surface area contributed by atoms with Gasteiger partial charge in [-0.1, -0.05) is 12.1 Å². The highest BCUT2D eigenvalue weighted by Gasteiger charge is 2.32. The number of ether oxygens (including phenoxy) is 2. The molecule has 0 aliphatic carbocycles. The van der Waals surface area contributed by atoms with Crippen LogP contribution in [0.2, 0.25) is 0 Å². The lowest BCUT2D eigenvalue weighted by Crippen LogP contribution is -2.57. The highest BCUT2D eigenvalue weighted by Crippen LogP contribution is 2.43. The maximum absolute atomic E-state index is 12.0. The molecule has 4 aliphatic heterocycles. The average molecular weight is 602 g/mol. The monoisotopic (exact) mass is 601 g/mol. The van der Waals surface area contributed by atoms with Crippen LogP contribution in [0.4, 0.5) is 5.69 Å². The zero-order valence-corrected chi connectivity index (χ0v) is 25.3. The van der Waals surface area contributed by atoms with Crippen LogP contribution in [-0.4, -0.2) is 116 Å². The molecule has 6 heterocycles. The summed E-state index contributed by atoms with van der Waals surface area (Å²) < 4.78 is 39.3. The van der Waals surface area contributed by atoms with E-state index < -0.39 is 10.0 Å². The second kappa shape index (κ2) is 11.5. The maximum atomic E-state index is 12.0. The number of thiophene rings is 1. The molecule has 0 N–H and O–H groups in total. The maximum Gasteiger partial charge on any atom is 0.211 e. The minimum absolute atomic E-state index is 0.0187. The number of morpholine rings is 1. The van der Waals surface area contributed by atoms with Crippen molar-refractivity contribution >= 4 is 38.0 Å². The fraction of sp³-hybridized carbons (Fsp3) is 0.607. The molecule has 0 bridgehead atoms. The van der Waals surface area contributed by atoms with E-state index in [4.69, 9.17) is 14.6 Å². The van der Waals surface area contributed by atoms with Crippen LogP contribution in [0, 0.1) is 0 Å². The van der Waals surface area contributed by atoms with Gasteiger partial charge in [-0.05, 0) is 31.4 Å². The number of nitrogens with zero attached hydrogens (tertiary/aromatic N) is 7. The number of fused-ring (bicyclic) bond motifs is 2. The van der Waals surface area contributed by atoms with Crippen LogP contribution in [0.15, 0.2) is 30.5 Å². The molecule has 3 aromatic rings. The fourth-order valence-corrected chi connectivity index (χ4v) is 8.44. The minimum atomic E-state index is -3.14. The predicted molar refractivity (Wildman–Crippen MR) is 160 cm³/mol. The van der Waals surface area contributed by atoms with E-state index in [1.807, 2.05) is 16.0 Å². The first kappa shape index (κ1) is 27.7. The molecule has 2 aromatic heterocycles. The molecule has 3 saturated heterocycles. The highest BCUT2D eigenvalue weighted by atomic mass is 32.2. The number of rotatable bonds is 6. The van der Waals surface area contributed by atoms with E-state index >= 15 is 0 Å². The second-order valence-electron chi connectivity index (χ2n) is 11.4. The van der Waals surface area contributed by atoms with Crippen molar-refractivity contribution in [3.8, 4) is 10.4 Å². The van der Waals surface area contributed by atoms with Crippen LogP contribution in [0.25, 0.3) is 21.3 Å². The molecular formula is C28H39N7O4S2. The van der Waals surface area contributed by atoms with E-state index in [0.717, 1.165) is 84.2 Å². The lowest BCUT2D eigenvalue weighted by molar-refractivity contribution is -0.0390. The van der Waals surface area contributed by atoms with Gasteiger partial charge in [0.15, 0.2) is 0 Å². The van der Waals surface area contributed by atoms with Crippen molar-refractivity contribution in [3.63, 3.8) is 0 Å². The quantitative estimate of drug-likeness (QED) is 0.424. The third-order valence-corrected chi connectivity index (χ3v) is 11.0. The van der Waals surface area contributed by atoms with Gasteiger partial charge < -0.3 is 9.47 Å². The van der Waals surface area contributed by atoms with Gasteiger partial charge in [-0.25, -0.2) is 18.1 Å². The number of hydrazine groups is 1. The number of benzene rings is 1. The summed E-state index contributed by atoms with van der Waals surface area (Å²) in [7, 11) is -3.14. The first-order valence-corrected chi connectivity index (χ1v) is 17.3. The summed E-state index contributed by atoms with van der Waals surface area (Å²) in [6.07, 6.45) is 6.79. The number of anilines is 1. The molecule has 0 saturated carbocycles. The Balaban J connectivity index is 1.16. The summed E-state index contributed by atoms with van der Waals surface area (Å²) in [5.41, 5.74) is 3.50. The molecule has 1 unspecified atom stereocenters. The zero-order chi connectivity index (χ0) is 28.0. The SMILES string of the molecule is CS(=O)(=O)N1CCN(CN2Cc3sc(-c4cccc5nn(C6CCCCO6)cc45)cc3N(N3CCOCC3)C2)CC1. The summed E-state index contributed by atoms with van der Waals surface area (Å²) in [6.45, 7) is 9.10. The molecule has 1 aromatic carbocycles. The van der Waals surface area contributed by atoms with Gasteiger partial charge in [0, 0.05) is 79.3 Å². The van der Waals surface area contributed by atoms with Crippen molar-refractivity contribution in [1.29, 1.82) is 0 Å². The molecule has 0 amide bonds. The van der Waals surface area contributed by atoms with Crippen molar-refractivity contribution in [2.45, 2.75) is 32.0 Å². The van der Waals surface area contributed by atoms with Crippen molar-refractivity contribution in [2.75, 3.05) is 83.7 Å². The molecule has 11 nitrogen and oxygen atoms in total. The summed E-state index contributed by atoms with van der Waals surface area (Å²) in [4.78, 5) is 7.47. The van der Waals surface area contributed by atoms with Crippen molar-refractivity contribution in [1.82, 2.24) is 28.9 Å². The first-order valence-electron chi connectivity index (χ1n) is 14.6. The van der Waals surface area contributed by atoms with E-state index in [2.05, 4.69) is 50.3 Å². The van der Waals surface area contributed by atoms with Crippen LogP contribution < -0.4 is 5.01 Å². The fourth-order valence-electron chi connectivity index (χ4n) is 6.38. The van der Waals surface area contributed by atoms with Crippen molar-refractivity contribution in [2.24, 2.45) is 0 Å². The van der Waals surface area contributed by atoms with E-state index in [0.29, 0.717) is 13.1 Å². The lowest BCUT2D eigenvalue weighted by Gasteiger charge is -2.45. The predicted octanol–water partition coefficient (Wildman–Crippen LogP) is 2.83. The zero-order valence-electron chi connectivity index (χ0n) is 23.7. The average Bonchev–Trinajstić information content (AvgIpc) is 3.62. The van der Waals surface area contributed by atoms with Crippen LogP contribution in [0.5, 0.6) is 0 Å². The lowest BCUT2D eigenvalue weighted by atomic mass is 10.1. The summed E-state index contributed by atoms with van der Waals surface area (Å²) in [5.74, 6) is 0. The molecule has 41 heavy (non-hydrogen) atoms. The second-order valence-corrected chi connectivity index (χ2v) is 14.6. The van der Waals surface area contributed by atoms with Crippen LogP contribution in [0.3, 0.4) is 0 Å². The Hall–Kier alpha value is -2.10. The summed E-state index contributed by atoms with van der Waals surface area (Å²) >= 11 is 1.87. The number of sulfonamides is 1. The molecule has 222 valence electrons. The third-order valence-electron chi connectivity index (χ3n) is 8.58. The molecule has 13 heteroatoms. The van der Waals surface area contributed by atoms with E-state index in [1.54, 1.807) is 4.31 Å². The topological polar surface area (TPSA) is 86.6 Å². The van der Waals surface area contributed by atoms with Gasteiger partial charge in [0.2, 0.25) is 10.0 Å². The largest absolute Gasteiger partial charge is 0.379 e. The molecule has 1 atom stereocenters. The number of aromatic nitrogens is 2. The highest BCUT2D eigenvalue weighted by molar-refractivity contribution is 7.88. The Bertz CT molecular complexity index is 1470. The normalized spacial score (nSPS) is 24.2. The smallest absolute Gasteiger partial charge is 0.211 e. The van der Waals surface area contributed by atoms with E-state index in [-0.39, 0.29) is 6.23 Å². The molecule has 0 radical (unpaired) electrons. The van der Waals surface area contributed by atoms with Gasteiger partial charge in [0.25, 0.3) is 0 Å². The van der Waals surface area contributed by atoms with Gasteiger partial charge >= 0.3 is 0 Å². The summed E-state index contributed by atoms with van der Waals surface area (Å²) in [5, 5.41) is 10.9. The van der Waals surface area contributed by atoms with E-state index in [9.17, 15) is 8.42 Å². The Morgan fingerprint density at radius 2 is 1.85 bits per heavy atom. The van der Waals surface area contributed by atoms with Crippen molar-refractivity contribution < 1.29 is 17.9 Å². The van der Waals surface area contributed by atoms with Crippen LogP contribution in [-0.2, 0) is 26.0 Å². The number of hydrogen-bond acceptors (Lipinski definition) is 10. The molecule has 7 rings (SSSR count). The first-order chi connectivity index (χ1) is 19.9. The third kappa shape index (κ3) is 5.78. The minimum Gasteiger partial charge on any atom is -0.379 e. The van der Waals surface area contributed by atoms with Gasteiger partial charge in [0.1, 0.15) is 6.23 Å². The van der Waals surface area contributed by atoms with Crippen LogP contribution >= 0.6 is 11.3 Å².